The highest BCUT2D eigenvalue weighted by Gasteiger charge is 2.37. The van der Waals surface area contributed by atoms with E-state index in [9.17, 15) is 9.90 Å². The SMILES string of the molecule is CC1(C)COC(=O)N[C@@H]1c1cccc(O)c1. The number of benzene rings is 1. The van der Waals surface area contributed by atoms with Gasteiger partial charge in [0.15, 0.2) is 0 Å². The molecule has 1 heterocycles. The molecule has 1 fully saturated rings. The number of amides is 1. The fourth-order valence-corrected chi connectivity index (χ4v) is 1.93. The normalized spacial score (nSPS) is 23.4. The first-order valence-corrected chi connectivity index (χ1v) is 5.21. The maximum absolute atomic E-state index is 11.2. The summed E-state index contributed by atoms with van der Waals surface area (Å²) in [6.07, 6.45) is -0.410. The molecule has 16 heavy (non-hydrogen) atoms. The summed E-state index contributed by atoms with van der Waals surface area (Å²) >= 11 is 0. The number of hydrogen-bond acceptors (Lipinski definition) is 3. The number of phenols is 1. The van der Waals surface area contributed by atoms with Crippen LogP contribution in [-0.2, 0) is 4.74 Å². The van der Waals surface area contributed by atoms with E-state index in [0.717, 1.165) is 5.56 Å². The molecule has 0 aliphatic carbocycles. The lowest BCUT2D eigenvalue weighted by atomic mass is 9.80. The maximum Gasteiger partial charge on any atom is 0.407 e. The van der Waals surface area contributed by atoms with Crippen molar-refractivity contribution in [3.8, 4) is 5.75 Å². The Balaban J connectivity index is 2.33. The lowest BCUT2D eigenvalue weighted by molar-refractivity contribution is 0.0387. The maximum atomic E-state index is 11.2. The smallest absolute Gasteiger partial charge is 0.407 e. The zero-order chi connectivity index (χ0) is 11.8. The Bertz CT molecular complexity index is 414. The number of ether oxygens (including phenoxy) is 1. The number of carbonyl (C=O) groups excluding carboxylic acids is 1. The third-order valence-electron chi connectivity index (χ3n) is 2.82. The molecule has 1 aromatic rings. The van der Waals surface area contributed by atoms with E-state index in [1.54, 1.807) is 18.2 Å². The predicted molar refractivity (Wildman–Crippen MR) is 59.1 cm³/mol. The Hall–Kier alpha value is -1.71. The fraction of sp³-hybridized carbons (Fsp3) is 0.417. The van der Waals surface area contributed by atoms with E-state index in [1.807, 2.05) is 19.9 Å². The number of hydrogen-bond donors (Lipinski definition) is 2. The predicted octanol–water partition coefficient (Wildman–Crippen LogP) is 2.20. The quantitative estimate of drug-likeness (QED) is 0.764. The van der Waals surface area contributed by atoms with Gasteiger partial charge in [-0.3, -0.25) is 0 Å². The highest BCUT2D eigenvalue weighted by Crippen LogP contribution is 2.37. The summed E-state index contributed by atoms with van der Waals surface area (Å²) in [6, 6.07) is 6.79. The third kappa shape index (κ3) is 1.96. The molecule has 4 nitrogen and oxygen atoms in total. The van der Waals surface area contributed by atoms with Crippen LogP contribution < -0.4 is 5.32 Å². The first-order chi connectivity index (χ1) is 7.49. The number of rotatable bonds is 1. The molecule has 1 saturated heterocycles. The molecule has 86 valence electrons. The van der Waals surface area contributed by atoms with E-state index in [2.05, 4.69) is 5.32 Å². The summed E-state index contributed by atoms with van der Waals surface area (Å²) in [5.41, 5.74) is 0.698. The molecule has 0 unspecified atom stereocenters. The van der Waals surface area contributed by atoms with Crippen LogP contribution in [-0.4, -0.2) is 17.8 Å². The first kappa shape index (κ1) is 10.8. The van der Waals surface area contributed by atoms with Crippen molar-refractivity contribution < 1.29 is 14.6 Å². The van der Waals surface area contributed by atoms with Crippen LogP contribution in [0.3, 0.4) is 0 Å². The van der Waals surface area contributed by atoms with E-state index in [-0.39, 0.29) is 17.2 Å². The number of nitrogens with one attached hydrogen (secondary N) is 1. The van der Waals surface area contributed by atoms with Crippen molar-refractivity contribution >= 4 is 6.09 Å². The highest BCUT2D eigenvalue weighted by atomic mass is 16.6. The first-order valence-electron chi connectivity index (χ1n) is 5.21. The second-order valence-electron chi connectivity index (χ2n) is 4.74. The molecule has 4 heteroatoms. The molecule has 0 spiro atoms. The van der Waals surface area contributed by atoms with Crippen molar-refractivity contribution in [1.29, 1.82) is 0 Å². The lowest BCUT2D eigenvalue weighted by Gasteiger charge is -2.38. The van der Waals surface area contributed by atoms with Gasteiger partial charge < -0.3 is 15.2 Å². The van der Waals surface area contributed by atoms with Crippen LogP contribution in [0.2, 0.25) is 0 Å². The second-order valence-corrected chi connectivity index (χ2v) is 4.74. The van der Waals surface area contributed by atoms with Crippen LogP contribution in [0.4, 0.5) is 4.79 Å². The summed E-state index contributed by atoms with van der Waals surface area (Å²) in [7, 11) is 0. The van der Waals surface area contributed by atoms with Crippen molar-refractivity contribution in [2.24, 2.45) is 5.41 Å². The minimum Gasteiger partial charge on any atom is -0.508 e. The van der Waals surface area contributed by atoms with Gasteiger partial charge in [0.1, 0.15) is 12.4 Å². The van der Waals surface area contributed by atoms with Crippen LogP contribution in [0.1, 0.15) is 25.5 Å². The van der Waals surface area contributed by atoms with Gasteiger partial charge in [0, 0.05) is 5.41 Å². The van der Waals surface area contributed by atoms with Gasteiger partial charge in [-0.1, -0.05) is 26.0 Å². The van der Waals surface area contributed by atoms with Crippen LogP contribution in [0.25, 0.3) is 0 Å². The minimum absolute atomic E-state index is 0.138. The van der Waals surface area contributed by atoms with Gasteiger partial charge in [-0.05, 0) is 17.7 Å². The van der Waals surface area contributed by atoms with Gasteiger partial charge >= 0.3 is 6.09 Å². The Morgan fingerprint density at radius 3 is 2.94 bits per heavy atom. The average molecular weight is 221 g/mol. The number of aromatic hydroxyl groups is 1. The van der Waals surface area contributed by atoms with E-state index >= 15 is 0 Å². The summed E-state index contributed by atoms with van der Waals surface area (Å²) in [4.78, 5) is 11.2. The Morgan fingerprint density at radius 2 is 2.25 bits per heavy atom. The Kier molecular flexibility index (Phi) is 2.50. The van der Waals surface area contributed by atoms with Crippen LogP contribution >= 0.6 is 0 Å². The van der Waals surface area contributed by atoms with Crippen molar-refractivity contribution in [3.63, 3.8) is 0 Å². The van der Waals surface area contributed by atoms with E-state index < -0.39 is 6.09 Å². The molecule has 1 aliphatic heterocycles. The zero-order valence-electron chi connectivity index (χ0n) is 9.36. The topological polar surface area (TPSA) is 58.6 Å². The molecule has 0 radical (unpaired) electrons. The molecule has 0 saturated carbocycles. The zero-order valence-corrected chi connectivity index (χ0v) is 9.36. The fourth-order valence-electron chi connectivity index (χ4n) is 1.93. The summed E-state index contributed by atoms with van der Waals surface area (Å²) in [5.74, 6) is 0.203. The standard InChI is InChI=1S/C12H15NO3/c1-12(2)7-16-11(15)13-10(12)8-4-3-5-9(14)6-8/h3-6,10,14H,7H2,1-2H3,(H,13,15)/t10-/m1/s1. The van der Waals surface area contributed by atoms with E-state index in [4.69, 9.17) is 4.74 Å². The number of phenolic OH excluding ortho intramolecular Hbond substituents is 1. The molecule has 2 N–H and O–H groups in total. The Morgan fingerprint density at radius 1 is 1.50 bits per heavy atom. The van der Waals surface area contributed by atoms with Crippen molar-refractivity contribution in [1.82, 2.24) is 5.32 Å². The second kappa shape index (κ2) is 3.70. The molecule has 1 amide bonds. The molecule has 1 aliphatic rings. The largest absolute Gasteiger partial charge is 0.508 e. The van der Waals surface area contributed by atoms with E-state index in [0.29, 0.717) is 6.61 Å². The van der Waals surface area contributed by atoms with Crippen molar-refractivity contribution in [2.75, 3.05) is 6.61 Å². The highest BCUT2D eigenvalue weighted by molar-refractivity contribution is 5.69. The molecule has 1 atom stereocenters. The number of alkyl carbamates (subject to hydrolysis) is 1. The number of cyclic esters (lactones) is 1. The minimum atomic E-state index is -0.410. The van der Waals surface area contributed by atoms with Gasteiger partial charge in [-0.2, -0.15) is 0 Å². The van der Waals surface area contributed by atoms with Crippen molar-refractivity contribution in [2.45, 2.75) is 19.9 Å². The van der Waals surface area contributed by atoms with Gasteiger partial charge in [0.05, 0.1) is 6.04 Å². The summed E-state index contributed by atoms with van der Waals surface area (Å²) in [6.45, 7) is 4.40. The van der Waals surface area contributed by atoms with Gasteiger partial charge in [-0.15, -0.1) is 0 Å². The molecule has 2 rings (SSSR count). The molecule has 1 aromatic carbocycles. The van der Waals surface area contributed by atoms with Crippen LogP contribution in [0.5, 0.6) is 5.75 Å². The Labute approximate surface area is 94.2 Å². The van der Waals surface area contributed by atoms with Gasteiger partial charge in [0.2, 0.25) is 0 Å². The molecular formula is C12H15NO3. The molecule has 0 aromatic heterocycles. The lowest BCUT2D eigenvalue weighted by Crippen LogP contribution is -2.46. The van der Waals surface area contributed by atoms with Gasteiger partial charge in [0.25, 0.3) is 0 Å². The van der Waals surface area contributed by atoms with Crippen LogP contribution in [0, 0.1) is 5.41 Å². The molecular weight excluding hydrogens is 206 g/mol. The van der Waals surface area contributed by atoms with Gasteiger partial charge in [-0.25, -0.2) is 4.79 Å². The van der Waals surface area contributed by atoms with E-state index in [1.165, 1.54) is 0 Å². The van der Waals surface area contributed by atoms with Crippen LogP contribution in [0.15, 0.2) is 24.3 Å². The average Bonchev–Trinajstić information content (AvgIpc) is 2.22. The summed E-state index contributed by atoms with van der Waals surface area (Å²) in [5, 5.41) is 12.2. The summed E-state index contributed by atoms with van der Waals surface area (Å²) < 4.78 is 4.96. The monoisotopic (exact) mass is 221 g/mol. The third-order valence-corrected chi connectivity index (χ3v) is 2.82. The van der Waals surface area contributed by atoms with Crippen molar-refractivity contribution in [3.05, 3.63) is 29.8 Å². The molecule has 0 bridgehead atoms. The number of carbonyl (C=O) groups is 1.